The molecule has 0 spiro atoms. The van der Waals surface area contributed by atoms with Crippen molar-refractivity contribution < 1.29 is 0 Å². The number of nitriles is 1. The van der Waals surface area contributed by atoms with Crippen LogP contribution in [0.5, 0.6) is 0 Å². The second-order valence-corrected chi connectivity index (χ2v) is 5.25. The Labute approximate surface area is 130 Å². The second-order valence-electron chi connectivity index (χ2n) is 5.25. The summed E-state index contributed by atoms with van der Waals surface area (Å²) in [6.45, 7) is 2.13. The highest BCUT2D eigenvalue weighted by molar-refractivity contribution is 5.90. The normalized spacial score (nSPS) is 11.6. The lowest BCUT2D eigenvalue weighted by Gasteiger charge is -2.02. The molecule has 0 atom stereocenters. The van der Waals surface area contributed by atoms with Crippen LogP contribution >= 0.6 is 0 Å². The molecule has 2 aromatic carbocycles. The van der Waals surface area contributed by atoms with E-state index in [9.17, 15) is 5.26 Å². The Morgan fingerprint density at radius 3 is 2.55 bits per heavy atom. The molecule has 0 unspecified atom stereocenters. The molecule has 0 aliphatic rings. The fourth-order valence-electron chi connectivity index (χ4n) is 2.55. The molecular formula is C19H17N3. The monoisotopic (exact) mass is 287 g/mol. The zero-order valence-electron chi connectivity index (χ0n) is 12.7. The maximum atomic E-state index is 9.52. The van der Waals surface area contributed by atoms with E-state index in [-0.39, 0.29) is 0 Å². The number of benzene rings is 2. The lowest BCUT2D eigenvalue weighted by molar-refractivity contribution is 0.925. The molecule has 3 nitrogen and oxygen atoms in total. The molecule has 3 rings (SSSR count). The third-order valence-corrected chi connectivity index (χ3v) is 3.85. The van der Waals surface area contributed by atoms with Crippen LogP contribution in [-0.2, 0) is 13.5 Å². The molecule has 22 heavy (non-hydrogen) atoms. The minimum atomic E-state index is 0.572. The van der Waals surface area contributed by atoms with Gasteiger partial charge in [0.1, 0.15) is 6.07 Å². The predicted molar refractivity (Wildman–Crippen MR) is 90.0 cm³/mol. The van der Waals surface area contributed by atoms with Crippen LogP contribution < -0.4 is 0 Å². The summed E-state index contributed by atoms with van der Waals surface area (Å²) in [6.07, 6.45) is 2.90. The van der Waals surface area contributed by atoms with E-state index < -0.39 is 0 Å². The van der Waals surface area contributed by atoms with E-state index in [0.717, 1.165) is 23.0 Å². The zero-order chi connectivity index (χ0) is 15.5. The summed E-state index contributed by atoms with van der Waals surface area (Å²) in [5.41, 5.74) is 4.81. The summed E-state index contributed by atoms with van der Waals surface area (Å²) in [5.74, 6) is 0.697. The number of imidazole rings is 1. The summed E-state index contributed by atoms with van der Waals surface area (Å²) in [4.78, 5) is 4.59. The van der Waals surface area contributed by atoms with Gasteiger partial charge in [0.25, 0.3) is 0 Å². The highest BCUT2D eigenvalue weighted by Crippen LogP contribution is 2.22. The Kier molecular flexibility index (Phi) is 3.76. The van der Waals surface area contributed by atoms with Gasteiger partial charge in [-0.25, -0.2) is 4.98 Å². The lowest BCUT2D eigenvalue weighted by atomic mass is 10.1. The van der Waals surface area contributed by atoms with Gasteiger partial charge in [0.05, 0.1) is 16.6 Å². The smallest absolute Gasteiger partial charge is 0.151 e. The molecule has 3 heteroatoms. The Hall–Kier alpha value is -2.86. The van der Waals surface area contributed by atoms with Crippen molar-refractivity contribution in [2.45, 2.75) is 13.3 Å². The molecule has 108 valence electrons. The minimum absolute atomic E-state index is 0.572. The van der Waals surface area contributed by atoms with Gasteiger partial charge in [0.15, 0.2) is 5.82 Å². The predicted octanol–water partition coefficient (Wildman–Crippen LogP) is 4.20. The lowest BCUT2D eigenvalue weighted by Crippen LogP contribution is -1.96. The molecule has 0 amide bonds. The number of hydrogen-bond acceptors (Lipinski definition) is 2. The number of rotatable bonds is 3. The van der Waals surface area contributed by atoms with Crippen LogP contribution in [0.3, 0.4) is 0 Å². The molecule has 0 saturated heterocycles. The van der Waals surface area contributed by atoms with Crippen molar-refractivity contribution in [2.24, 2.45) is 7.05 Å². The maximum Gasteiger partial charge on any atom is 0.151 e. The Morgan fingerprint density at radius 1 is 1.18 bits per heavy atom. The van der Waals surface area contributed by atoms with Crippen molar-refractivity contribution in [1.29, 1.82) is 5.26 Å². The Balaban J connectivity index is 2.07. The minimum Gasteiger partial charge on any atom is -0.327 e. The van der Waals surface area contributed by atoms with Gasteiger partial charge in [-0.3, -0.25) is 0 Å². The van der Waals surface area contributed by atoms with Gasteiger partial charge in [0, 0.05) is 7.05 Å². The first kappa shape index (κ1) is 14.1. The van der Waals surface area contributed by atoms with Crippen molar-refractivity contribution >= 4 is 22.7 Å². The number of aryl methyl sites for hydroxylation is 2. The van der Waals surface area contributed by atoms with Crippen LogP contribution in [0.15, 0.2) is 48.5 Å². The molecule has 0 N–H and O–H groups in total. The van der Waals surface area contributed by atoms with E-state index in [0.29, 0.717) is 11.4 Å². The number of aromatic nitrogens is 2. The van der Waals surface area contributed by atoms with Crippen molar-refractivity contribution in [2.75, 3.05) is 0 Å². The van der Waals surface area contributed by atoms with E-state index in [4.69, 9.17) is 0 Å². The van der Waals surface area contributed by atoms with Crippen LogP contribution in [0.4, 0.5) is 0 Å². The van der Waals surface area contributed by atoms with Crippen LogP contribution in [-0.4, -0.2) is 9.55 Å². The van der Waals surface area contributed by atoms with Gasteiger partial charge in [-0.1, -0.05) is 43.3 Å². The number of hydrogen-bond donors (Lipinski definition) is 0. The van der Waals surface area contributed by atoms with E-state index in [2.05, 4.69) is 30.1 Å². The van der Waals surface area contributed by atoms with Crippen LogP contribution in [0, 0.1) is 11.3 Å². The fourth-order valence-corrected chi connectivity index (χ4v) is 2.55. The van der Waals surface area contributed by atoms with Gasteiger partial charge in [0.2, 0.25) is 0 Å². The van der Waals surface area contributed by atoms with Crippen LogP contribution in [0.1, 0.15) is 23.9 Å². The summed E-state index contributed by atoms with van der Waals surface area (Å²) in [7, 11) is 1.94. The first-order chi connectivity index (χ1) is 10.7. The first-order valence-electron chi connectivity index (χ1n) is 7.35. The SMILES string of the molecule is CCc1ccc(/C=C(/C#N)c2nc3ccccc3n2C)cc1. The van der Waals surface area contributed by atoms with Crippen molar-refractivity contribution in [1.82, 2.24) is 9.55 Å². The van der Waals surface area contributed by atoms with Gasteiger partial charge in [-0.2, -0.15) is 5.26 Å². The molecule has 0 saturated carbocycles. The molecule has 0 aliphatic heterocycles. The summed E-state index contributed by atoms with van der Waals surface area (Å²) < 4.78 is 1.96. The molecule has 0 radical (unpaired) electrons. The number of allylic oxidation sites excluding steroid dienone is 1. The van der Waals surface area contributed by atoms with Crippen molar-refractivity contribution in [3.8, 4) is 6.07 Å². The van der Waals surface area contributed by atoms with Gasteiger partial charge in [-0.05, 0) is 35.8 Å². The third-order valence-electron chi connectivity index (χ3n) is 3.85. The Morgan fingerprint density at radius 2 is 1.91 bits per heavy atom. The van der Waals surface area contributed by atoms with Gasteiger partial charge < -0.3 is 4.57 Å². The molecule has 1 heterocycles. The van der Waals surface area contributed by atoms with E-state index in [1.807, 2.05) is 54.1 Å². The molecule has 3 aromatic rings. The van der Waals surface area contributed by atoms with E-state index >= 15 is 0 Å². The fraction of sp³-hybridized carbons (Fsp3) is 0.158. The molecule has 0 bridgehead atoms. The second kappa shape index (κ2) is 5.87. The number of nitrogens with zero attached hydrogens (tertiary/aromatic N) is 3. The average molecular weight is 287 g/mol. The standard InChI is InChI=1S/C19H17N3/c1-3-14-8-10-15(11-9-14)12-16(13-20)19-21-17-6-4-5-7-18(17)22(19)2/h4-12H,3H2,1-2H3/b16-12-. The largest absolute Gasteiger partial charge is 0.327 e. The van der Waals surface area contributed by atoms with Crippen LogP contribution in [0.25, 0.3) is 22.7 Å². The Bertz CT molecular complexity index is 877. The first-order valence-corrected chi connectivity index (χ1v) is 7.35. The van der Waals surface area contributed by atoms with Gasteiger partial charge in [-0.15, -0.1) is 0 Å². The summed E-state index contributed by atoms with van der Waals surface area (Å²) >= 11 is 0. The topological polar surface area (TPSA) is 41.6 Å². The average Bonchev–Trinajstić information content (AvgIpc) is 2.90. The zero-order valence-corrected chi connectivity index (χ0v) is 12.7. The molecule has 0 aliphatic carbocycles. The van der Waals surface area contributed by atoms with Crippen molar-refractivity contribution in [3.63, 3.8) is 0 Å². The maximum absolute atomic E-state index is 9.52. The summed E-state index contributed by atoms with van der Waals surface area (Å²) in [5, 5.41) is 9.52. The van der Waals surface area contributed by atoms with E-state index in [1.54, 1.807) is 0 Å². The number of fused-ring (bicyclic) bond motifs is 1. The van der Waals surface area contributed by atoms with Crippen LogP contribution in [0.2, 0.25) is 0 Å². The quantitative estimate of drug-likeness (QED) is 0.677. The van der Waals surface area contributed by atoms with Crippen molar-refractivity contribution in [3.05, 3.63) is 65.5 Å². The highest BCUT2D eigenvalue weighted by atomic mass is 15.1. The molecule has 1 aromatic heterocycles. The third kappa shape index (κ3) is 2.51. The number of para-hydroxylation sites is 2. The molecule has 0 fully saturated rings. The highest BCUT2D eigenvalue weighted by Gasteiger charge is 2.11. The van der Waals surface area contributed by atoms with E-state index in [1.165, 1.54) is 5.56 Å². The summed E-state index contributed by atoms with van der Waals surface area (Å²) in [6, 6.07) is 18.5. The molecular weight excluding hydrogens is 270 g/mol. The van der Waals surface area contributed by atoms with Gasteiger partial charge >= 0.3 is 0 Å².